The van der Waals surface area contributed by atoms with Gasteiger partial charge in [0, 0.05) is 9.77 Å². The van der Waals surface area contributed by atoms with Gasteiger partial charge in [-0.3, -0.25) is 0 Å². The number of carbonyl (C=O) groups is 1. The second kappa shape index (κ2) is 6.13. The van der Waals surface area contributed by atoms with Crippen LogP contribution in [0.15, 0.2) is 54.9 Å². The Balaban J connectivity index is 1.63. The first-order valence-electron chi connectivity index (χ1n) is 6.23. The second-order valence-electron chi connectivity index (χ2n) is 4.32. The Morgan fingerprint density at radius 2 is 1.95 bits per heavy atom. The van der Waals surface area contributed by atoms with E-state index in [0.717, 1.165) is 9.13 Å². The van der Waals surface area contributed by atoms with Gasteiger partial charge in [0.05, 0.1) is 6.20 Å². The van der Waals surface area contributed by atoms with E-state index in [1.807, 2.05) is 48.7 Å². The third kappa shape index (κ3) is 3.52. The largest absolute Gasteiger partial charge is 0.515 e. The maximum absolute atomic E-state index is 11.6. The van der Waals surface area contributed by atoms with Crippen LogP contribution < -0.4 is 4.74 Å². The van der Waals surface area contributed by atoms with Gasteiger partial charge in [-0.1, -0.05) is 30.3 Å². The van der Waals surface area contributed by atoms with Crippen LogP contribution >= 0.6 is 22.6 Å². The molecule has 0 saturated carbocycles. The molecule has 0 bridgehead atoms. The maximum atomic E-state index is 11.6. The van der Waals surface area contributed by atoms with Crippen molar-refractivity contribution >= 4 is 34.4 Å². The lowest BCUT2D eigenvalue weighted by Crippen LogP contribution is -2.10. The summed E-state index contributed by atoms with van der Waals surface area (Å²) in [5.74, 6) is 0.218. The zero-order valence-corrected chi connectivity index (χ0v) is 13.1. The van der Waals surface area contributed by atoms with Crippen molar-refractivity contribution in [3.63, 3.8) is 0 Å². The maximum Gasteiger partial charge on any atom is 0.515 e. The van der Waals surface area contributed by atoms with Gasteiger partial charge in [0.1, 0.15) is 12.3 Å². The molecule has 0 spiro atoms. The van der Waals surface area contributed by atoms with Crippen LogP contribution in [-0.4, -0.2) is 15.5 Å². The molecule has 0 fully saturated rings. The minimum atomic E-state index is -0.767. The van der Waals surface area contributed by atoms with E-state index in [0.29, 0.717) is 5.65 Å². The number of imidazole rings is 1. The lowest BCUT2D eigenvalue weighted by molar-refractivity contribution is 0.0914. The first-order chi connectivity index (χ1) is 10.2. The normalized spacial score (nSPS) is 10.5. The van der Waals surface area contributed by atoms with E-state index >= 15 is 0 Å². The average Bonchev–Trinajstić information content (AvgIpc) is 2.87. The molecule has 0 aliphatic rings. The quantitative estimate of drug-likeness (QED) is 0.503. The highest BCUT2D eigenvalue weighted by Crippen LogP contribution is 2.15. The highest BCUT2D eigenvalue weighted by molar-refractivity contribution is 14.1. The summed E-state index contributed by atoms with van der Waals surface area (Å²) in [7, 11) is 0. The molecule has 0 aliphatic heterocycles. The van der Waals surface area contributed by atoms with E-state index in [9.17, 15) is 4.79 Å². The molecule has 2 heterocycles. The van der Waals surface area contributed by atoms with Gasteiger partial charge in [-0.05, 0) is 40.3 Å². The molecule has 21 heavy (non-hydrogen) atoms. The number of hydrogen-bond acceptors (Lipinski definition) is 4. The minimum absolute atomic E-state index is 0.172. The van der Waals surface area contributed by atoms with Crippen LogP contribution in [0.1, 0.15) is 5.56 Å². The van der Waals surface area contributed by atoms with E-state index < -0.39 is 6.16 Å². The fourth-order valence-electron chi connectivity index (χ4n) is 1.82. The Hall–Kier alpha value is -2.09. The standard InChI is InChI=1S/C15H11IN2O3/c16-12-6-7-13-17-14(9-18(13)8-12)21-15(19)20-10-11-4-2-1-3-5-11/h1-9H,10H2. The number of rotatable bonds is 3. The number of carbonyl (C=O) groups excluding carboxylic acids is 1. The number of benzene rings is 1. The Kier molecular flexibility index (Phi) is 4.05. The molecule has 0 unspecified atom stereocenters. The van der Waals surface area contributed by atoms with Crippen molar-refractivity contribution in [3.05, 3.63) is 64.0 Å². The number of aromatic nitrogens is 2. The predicted molar refractivity (Wildman–Crippen MR) is 85.2 cm³/mol. The number of nitrogens with zero attached hydrogens (tertiary/aromatic N) is 2. The summed E-state index contributed by atoms with van der Waals surface area (Å²) in [4.78, 5) is 15.8. The van der Waals surface area contributed by atoms with Gasteiger partial charge in [0.15, 0.2) is 0 Å². The summed E-state index contributed by atoms with van der Waals surface area (Å²) in [6.45, 7) is 0.172. The van der Waals surface area contributed by atoms with Crippen LogP contribution in [0.25, 0.3) is 5.65 Å². The molecule has 1 aromatic carbocycles. The number of fused-ring (bicyclic) bond motifs is 1. The van der Waals surface area contributed by atoms with Crippen LogP contribution in [0.5, 0.6) is 5.88 Å². The summed E-state index contributed by atoms with van der Waals surface area (Å²) in [6, 6.07) is 13.2. The first kappa shape index (κ1) is 13.9. The highest BCUT2D eigenvalue weighted by Gasteiger charge is 2.10. The van der Waals surface area contributed by atoms with Crippen molar-refractivity contribution < 1.29 is 14.3 Å². The third-order valence-corrected chi connectivity index (χ3v) is 3.42. The van der Waals surface area contributed by atoms with Gasteiger partial charge >= 0.3 is 6.16 Å². The van der Waals surface area contributed by atoms with Crippen molar-refractivity contribution in [2.75, 3.05) is 0 Å². The molecule has 6 heteroatoms. The Labute approximate surface area is 134 Å². The molecule has 106 valence electrons. The van der Waals surface area contributed by atoms with Crippen molar-refractivity contribution in [2.45, 2.75) is 6.61 Å². The third-order valence-electron chi connectivity index (χ3n) is 2.78. The molecular weight excluding hydrogens is 383 g/mol. The molecule has 3 rings (SSSR count). The molecule has 2 aromatic heterocycles. The molecule has 3 aromatic rings. The number of ether oxygens (including phenoxy) is 2. The second-order valence-corrected chi connectivity index (χ2v) is 5.56. The Bertz CT molecular complexity index is 771. The molecule has 0 aliphatic carbocycles. The lowest BCUT2D eigenvalue weighted by Gasteiger charge is -2.03. The molecule has 0 N–H and O–H groups in total. The van der Waals surface area contributed by atoms with Crippen LogP contribution in [0.4, 0.5) is 4.79 Å². The SMILES string of the molecule is O=C(OCc1ccccc1)Oc1cn2cc(I)ccc2n1. The lowest BCUT2D eigenvalue weighted by atomic mass is 10.2. The van der Waals surface area contributed by atoms with Gasteiger partial charge in [0.25, 0.3) is 0 Å². The van der Waals surface area contributed by atoms with Gasteiger partial charge in [-0.15, -0.1) is 0 Å². The van der Waals surface area contributed by atoms with E-state index in [4.69, 9.17) is 9.47 Å². The molecule has 0 atom stereocenters. The average molecular weight is 394 g/mol. The smallest absolute Gasteiger partial charge is 0.429 e. The van der Waals surface area contributed by atoms with Gasteiger partial charge < -0.3 is 13.9 Å². The fourth-order valence-corrected chi connectivity index (χ4v) is 2.30. The van der Waals surface area contributed by atoms with Crippen LogP contribution in [-0.2, 0) is 11.3 Å². The molecular formula is C15H11IN2O3. The monoisotopic (exact) mass is 394 g/mol. The predicted octanol–water partition coefficient (Wildman–Crippen LogP) is 3.65. The number of halogens is 1. The fraction of sp³-hybridized carbons (Fsp3) is 0.0667. The zero-order valence-electron chi connectivity index (χ0n) is 10.9. The summed E-state index contributed by atoms with van der Waals surface area (Å²) in [5.41, 5.74) is 1.61. The van der Waals surface area contributed by atoms with Crippen LogP contribution in [0.3, 0.4) is 0 Å². The molecule has 0 radical (unpaired) electrons. The van der Waals surface area contributed by atoms with Crippen molar-refractivity contribution in [2.24, 2.45) is 0 Å². The van der Waals surface area contributed by atoms with Crippen LogP contribution in [0, 0.1) is 3.57 Å². The first-order valence-corrected chi connectivity index (χ1v) is 7.31. The summed E-state index contributed by atoms with van der Waals surface area (Å²) < 4.78 is 13.0. The van der Waals surface area contributed by atoms with Gasteiger partial charge in [-0.2, -0.15) is 4.98 Å². The molecule has 5 nitrogen and oxygen atoms in total. The van der Waals surface area contributed by atoms with Gasteiger partial charge in [0.2, 0.25) is 5.88 Å². The highest BCUT2D eigenvalue weighted by atomic mass is 127. The Morgan fingerprint density at radius 3 is 2.76 bits per heavy atom. The minimum Gasteiger partial charge on any atom is -0.429 e. The topological polar surface area (TPSA) is 52.8 Å². The van der Waals surface area contributed by atoms with Crippen LogP contribution in [0.2, 0.25) is 0 Å². The van der Waals surface area contributed by atoms with E-state index in [1.165, 1.54) is 0 Å². The molecule has 0 saturated heterocycles. The summed E-state index contributed by atoms with van der Waals surface area (Å²) in [5, 5.41) is 0. The number of pyridine rings is 1. The van der Waals surface area contributed by atoms with E-state index in [1.54, 1.807) is 10.6 Å². The van der Waals surface area contributed by atoms with E-state index in [2.05, 4.69) is 27.6 Å². The summed E-state index contributed by atoms with van der Waals surface area (Å²) >= 11 is 2.20. The van der Waals surface area contributed by atoms with Crippen molar-refractivity contribution in [3.8, 4) is 5.88 Å². The number of hydrogen-bond donors (Lipinski definition) is 0. The van der Waals surface area contributed by atoms with Gasteiger partial charge in [-0.25, -0.2) is 4.79 Å². The zero-order chi connectivity index (χ0) is 14.7. The molecule has 0 amide bonds. The van der Waals surface area contributed by atoms with E-state index in [-0.39, 0.29) is 12.5 Å². The van der Waals surface area contributed by atoms with Crippen molar-refractivity contribution in [1.29, 1.82) is 0 Å². The Morgan fingerprint density at radius 1 is 1.14 bits per heavy atom. The summed E-state index contributed by atoms with van der Waals surface area (Å²) in [6.07, 6.45) is 2.77. The van der Waals surface area contributed by atoms with Crippen molar-refractivity contribution in [1.82, 2.24) is 9.38 Å².